The van der Waals surface area contributed by atoms with Crippen LogP contribution in [0.2, 0.25) is 0 Å². The van der Waals surface area contributed by atoms with Crippen molar-refractivity contribution in [2.75, 3.05) is 32.7 Å². The van der Waals surface area contributed by atoms with E-state index in [1.165, 1.54) is 0 Å². The lowest BCUT2D eigenvalue weighted by Gasteiger charge is -2.51. The van der Waals surface area contributed by atoms with Crippen molar-refractivity contribution in [2.24, 2.45) is 5.92 Å². The number of aldehydes is 1. The zero-order valence-electron chi connectivity index (χ0n) is 23.0. The average molecular weight is 554 g/mol. The summed E-state index contributed by atoms with van der Waals surface area (Å²) in [6.45, 7) is 4.17. The molecule has 0 radical (unpaired) electrons. The number of piperidine rings is 3. The molecule has 7 rings (SSSR count). The highest BCUT2D eigenvalue weighted by Gasteiger charge is 2.48. The molecular weight excluding hydrogens is 518 g/mol. The molecule has 0 aliphatic carbocycles. The van der Waals surface area contributed by atoms with Gasteiger partial charge in [-0.2, -0.15) is 0 Å². The van der Waals surface area contributed by atoms with E-state index in [0.29, 0.717) is 36.9 Å². The van der Waals surface area contributed by atoms with Crippen LogP contribution < -0.4 is 10.1 Å². The summed E-state index contributed by atoms with van der Waals surface area (Å²) >= 11 is 0. The van der Waals surface area contributed by atoms with Gasteiger partial charge in [0.15, 0.2) is 0 Å². The van der Waals surface area contributed by atoms with Crippen molar-refractivity contribution in [1.29, 1.82) is 0 Å². The first-order valence-corrected chi connectivity index (χ1v) is 14.3. The average Bonchev–Trinajstić information content (AvgIpc) is 2.99. The van der Waals surface area contributed by atoms with E-state index < -0.39 is 11.6 Å². The Morgan fingerprint density at radius 1 is 0.902 bits per heavy atom. The molecule has 2 bridgehead atoms. The van der Waals surface area contributed by atoms with Gasteiger partial charge in [-0.3, -0.25) is 14.5 Å². The number of amides is 2. The second-order valence-corrected chi connectivity index (χ2v) is 11.4. The molecule has 4 aliphatic rings. The first kappa shape index (κ1) is 27.0. The van der Waals surface area contributed by atoms with Gasteiger partial charge in [0.05, 0.1) is 6.42 Å². The monoisotopic (exact) mass is 553 g/mol. The Kier molecular flexibility index (Phi) is 7.74. The molecule has 4 aliphatic heterocycles. The van der Waals surface area contributed by atoms with Crippen molar-refractivity contribution in [3.8, 4) is 5.75 Å². The molecule has 4 saturated heterocycles. The maximum absolute atomic E-state index is 13.2. The van der Waals surface area contributed by atoms with E-state index in [1.54, 1.807) is 17.0 Å². The van der Waals surface area contributed by atoms with Crippen molar-refractivity contribution in [1.82, 2.24) is 15.1 Å². The van der Waals surface area contributed by atoms with Crippen LogP contribution in [-0.2, 0) is 28.1 Å². The smallest absolute Gasteiger partial charge is 0.408 e. The second-order valence-electron chi connectivity index (χ2n) is 11.4. The number of carbonyl (C=O) groups excluding carboxylic acids is 3. The summed E-state index contributed by atoms with van der Waals surface area (Å²) in [4.78, 5) is 41.2. The number of hydrogen-bond acceptors (Lipinski definition) is 6. The number of fused-ring (bicyclic) bond motifs is 3. The van der Waals surface area contributed by atoms with E-state index in [0.717, 1.165) is 55.5 Å². The predicted molar refractivity (Wildman–Crippen MR) is 154 cm³/mol. The number of carbonyl (C=O) groups is 3. The van der Waals surface area contributed by atoms with E-state index >= 15 is 0 Å². The zero-order valence-corrected chi connectivity index (χ0v) is 23.0. The molecule has 41 heavy (non-hydrogen) atoms. The molecule has 0 spiro atoms. The molecule has 8 nitrogen and oxygen atoms in total. The molecule has 0 saturated carbocycles. The number of hydrogen-bond donors (Lipinski definition) is 1. The Balaban J connectivity index is 1.03. The van der Waals surface area contributed by atoms with Crippen molar-refractivity contribution in [2.45, 2.75) is 37.5 Å². The second kappa shape index (κ2) is 11.7. The standard InChI is InChI=1S/C33H35N3O5/c37-20-25-6-8-26(9-7-25)21-40-29-12-10-24(11-13-29)18-31(38)36-22-33(23-36,28-4-2-1-3-5-28)34-32(39)41-30-19-35-16-14-27(30)15-17-35/h1-13,20,27,30H,14-19,21-23H2,(H,34,39)/t30-/m0/s1. The highest BCUT2D eigenvalue weighted by molar-refractivity contribution is 5.81. The van der Waals surface area contributed by atoms with Gasteiger partial charge in [-0.25, -0.2) is 4.79 Å². The quantitative estimate of drug-likeness (QED) is 0.400. The van der Waals surface area contributed by atoms with Crippen molar-refractivity contribution >= 4 is 18.3 Å². The molecular formula is C33H35N3O5. The Morgan fingerprint density at radius 3 is 2.22 bits per heavy atom. The Morgan fingerprint density at radius 2 is 1.59 bits per heavy atom. The Bertz CT molecular complexity index is 1360. The van der Waals surface area contributed by atoms with Crippen LogP contribution in [0, 0.1) is 5.92 Å². The number of alkyl carbamates (subject to hydrolysis) is 1. The van der Waals surface area contributed by atoms with E-state index in [1.807, 2.05) is 66.7 Å². The summed E-state index contributed by atoms with van der Waals surface area (Å²) < 4.78 is 11.8. The van der Waals surface area contributed by atoms with E-state index in [4.69, 9.17) is 9.47 Å². The van der Waals surface area contributed by atoms with Crippen LogP contribution in [0.3, 0.4) is 0 Å². The van der Waals surface area contributed by atoms with Crippen LogP contribution in [0.15, 0.2) is 78.9 Å². The summed E-state index contributed by atoms with van der Waals surface area (Å²) in [5, 5.41) is 3.14. The minimum Gasteiger partial charge on any atom is -0.489 e. The fourth-order valence-electron chi connectivity index (χ4n) is 6.13. The van der Waals surface area contributed by atoms with Gasteiger partial charge in [-0.05, 0) is 60.7 Å². The van der Waals surface area contributed by atoms with E-state index in [2.05, 4.69) is 10.2 Å². The highest BCUT2D eigenvalue weighted by Crippen LogP contribution is 2.34. The lowest BCUT2D eigenvalue weighted by atomic mass is 9.82. The molecule has 0 unspecified atom stereocenters. The Labute approximate surface area is 240 Å². The molecule has 4 fully saturated rings. The molecule has 3 aromatic carbocycles. The number of benzene rings is 3. The summed E-state index contributed by atoms with van der Waals surface area (Å²) in [5.41, 5.74) is 2.80. The van der Waals surface area contributed by atoms with Gasteiger partial charge in [-0.1, -0.05) is 66.7 Å². The number of nitrogens with one attached hydrogen (secondary N) is 1. The number of ether oxygens (including phenoxy) is 2. The molecule has 0 aromatic heterocycles. The largest absolute Gasteiger partial charge is 0.489 e. The molecule has 3 aromatic rings. The lowest BCUT2D eigenvalue weighted by Crippen LogP contribution is -2.69. The van der Waals surface area contributed by atoms with Crippen LogP contribution in [0.1, 0.15) is 39.9 Å². The SMILES string of the molecule is O=Cc1ccc(COc2ccc(CC(=O)N3CC(NC(=O)O[C@H]4CN5CCC4CC5)(c4ccccc4)C3)cc2)cc1. The van der Waals surface area contributed by atoms with E-state index in [-0.39, 0.29) is 18.4 Å². The third-order valence-corrected chi connectivity index (χ3v) is 8.60. The van der Waals surface area contributed by atoms with Gasteiger partial charge in [-0.15, -0.1) is 0 Å². The molecule has 1 atom stereocenters. The third-order valence-electron chi connectivity index (χ3n) is 8.60. The lowest BCUT2D eigenvalue weighted by molar-refractivity contribution is -0.139. The molecule has 2 amide bonds. The predicted octanol–water partition coefficient (Wildman–Crippen LogP) is 4.18. The van der Waals surface area contributed by atoms with Crippen molar-refractivity contribution in [3.05, 3.63) is 101 Å². The highest BCUT2D eigenvalue weighted by atomic mass is 16.6. The molecule has 212 valence electrons. The summed E-state index contributed by atoms with van der Waals surface area (Å²) in [6.07, 6.45) is 2.76. The van der Waals surface area contributed by atoms with Crippen molar-refractivity contribution < 1.29 is 23.9 Å². The summed E-state index contributed by atoms with van der Waals surface area (Å²) in [5.74, 6) is 1.15. The van der Waals surface area contributed by atoms with Crippen LogP contribution in [0.5, 0.6) is 5.75 Å². The van der Waals surface area contributed by atoms with E-state index in [9.17, 15) is 14.4 Å². The van der Waals surface area contributed by atoms with Crippen LogP contribution >= 0.6 is 0 Å². The fraction of sp³-hybridized carbons (Fsp3) is 0.364. The molecule has 8 heteroatoms. The summed E-state index contributed by atoms with van der Waals surface area (Å²) in [7, 11) is 0. The van der Waals surface area contributed by atoms with Gasteiger partial charge in [0.2, 0.25) is 5.91 Å². The van der Waals surface area contributed by atoms with Crippen molar-refractivity contribution in [3.63, 3.8) is 0 Å². The van der Waals surface area contributed by atoms with Gasteiger partial charge in [0, 0.05) is 25.2 Å². The first-order valence-electron chi connectivity index (χ1n) is 14.3. The zero-order chi connectivity index (χ0) is 28.2. The van der Waals surface area contributed by atoms with Gasteiger partial charge in [0.25, 0.3) is 0 Å². The normalized spacial score (nSPS) is 22.3. The number of nitrogens with zero attached hydrogens (tertiary/aromatic N) is 2. The first-order chi connectivity index (χ1) is 20.0. The van der Waals surface area contributed by atoms with Crippen LogP contribution in [0.25, 0.3) is 0 Å². The number of rotatable bonds is 9. The Hall–Kier alpha value is -4.17. The summed E-state index contributed by atoms with van der Waals surface area (Å²) in [6, 6.07) is 24.6. The van der Waals surface area contributed by atoms with Crippen LogP contribution in [0.4, 0.5) is 4.79 Å². The minimum absolute atomic E-state index is 0.00745. The van der Waals surface area contributed by atoms with Gasteiger partial charge >= 0.3 is 6.09 Å². The molecule has 4 heterocycles. The topological polar surface area (TPSA) is 88.2 Å². The maximum atomic E-state index is 13.2. The van der Waals surface area contributed by atoms with Crippen LogP contribution in [-0.4, -0.2) is 66.9 Å². The minimum atomic E-state index is -0.663. The fourth-order valence-corrected chi connectivity index (χ4v) is 6.13. The van der Waals surface area contributed by atoms with Gasteiger partial charge < -0.3 is 19.7 Å². The molecule has 1 N–H and O–H groups in total. The maximum Gasteiger partial charge on any atom is 0.408 e. The third kappa shape index (κ3) is 6.12. The van der Waals surface area contributed by atoms with Gasteiger partial charge in [0.1, 0.15) is 30.3 Å². The number of likely N-dealkylation sites (tertiary alicyclic amines) is 1.